The Balaban J connectivity index is 3.18. The van der Waals surface area contributed by atoms with Crippen LogP contribution in [-0.2, 0) is 0 Å². The molecule has 1 rings (SSSR count). The SMILES string of the molecule is COc1c(C)cccc1[C](C)C. The number of aryl methyl sites for hydroxylation is 1. The average molecular weight is 163 g/mol. The highest BCUT2D eigenvalue weighted by Gasteiger charge is 2.08. The van der Waals surface area contributed by atoms with Crippen molar-refractivity contribution in [2.75, 3.05) is 7.11 Å². The number of hydrogen-bond donors (Lipinski definition) is 0. The summed E-state index contributed by atoms with van der Waals surface area (Å²) in [6.07, 6.45) is 0. The molecule has 65 valence electrons. The van der Waals surface area contributed by atoms with E-state index in [-0.39, 0.29) is 0 Å². The Labute approximate surface area is 74.4 Å². The molecule has 1 nitrogen and oxygen atoms in total. The fourth-order valence-corrected chi connectivity index (χ4v) is 1.32. The molecule has 12 heavy (non-hydrogen) atoms. The second-order valence-corrected chi connectivity index (χ2v) is 3.16. The topological polar surface area (TPSA) is 9.23 Å². The molecule has 0 spiro atoms. The molecule has 0 amide bonds. The number of methoxy groups -OCH3 is 1. The lowest BCUT2D eigenvalue weighted by Crippen LogP contribution is -1.96. The van der Waals surface area contributed by atoms with Gasteiger partial charge in [-0.3, -0.25) is 0 Å². The predicted octanol–water partition coefficient (Wildman–Crippen LogP) is 2.97. The number of rotatable bonds is 2. The van der Waals surface area contributed by atoms with E-state index >= 15 is 0 Å². The summed E-state index contributed by atoms with van der Waals surface area (Å²) < 4.78 is 5.32. The molecule has 1 heteroatoms. The monoisotopic (exact) mass is 163 g/mol. The van der Waals surface area contributed by atoms with Gasteiger partial charge in [-0.15, -0.1) is 0 Å². The van der Waals surface area contributed by atoms with Gasteiger partial charge in [-0.25, -0.2) is 0 Å². The van der Waals surface area contributed by atoms with Crippen LogP contribution >= 0.6 is 0 Å². The normalized spacial score (nSPS) is 10.4. The van der Waals surface area contributed by atoms with Crippen LogP contribution in [0.4, 0.5) is 0 Å². The molecule has 0 heterocycles. The lowest BCUT2D eigenvalue weighted by atomic mass is 10.00. The Kier molecular flexibility index (Phi) is 2.74. The van der Waals surface area contributed by atoms with E-state index in [0.717, 1.165) is 5.75 Å². The zero-order chi connectivity index (χ0) is 9.14. The van der Waals surface area contributed by atoms with E-state index in [0.29, 0.717) is 0 Å². The maximum Gasteiger partial charge on any atom is 0.125 e. The molecule has 1 aromatic rings. The molecular formula is C11H15O. The number of benzene rings is 1. The first-order chi connectivity index (χ1) is 5.66. The predicted molar refractivity (Wildman–Crippen MR) is 51.4 cm³/mol. The van der Waals surface area contributed by atoms with Crippen LogP contribution in [0.1, 0.15) is 25.0 Å². The van der Waals surface area contributed by atoms with Crippen LogP contribution in [0.25, 0.3) is 0 Å². The van der Waals surface area contributed by atoms with E-state index in [2.05, 4.69) is 39.0 Å². The van der Waals surface area contributed by atoms with Crippen LogP contribution in [-0.4, -0.2) is 7.11 Å². The minimum absolute atomic E-state index is 0.998. The van der Waals surface area contributed by atoms with Crippen molar-refractivity contribution >= 4 is 0 Å². The van der Waals surface area contributed by atoms with E-state index in [4.69, 9.17) is 4.74 Å². The van der Waals surface area contributed by atoms with Gasteiger partial charge in [-0.2, -0.15) is 0 Å². The number of para-hydroxylation sites is 1. The molecule has 0 aromatic heterocycles. The lowest BCUT2D eigenvalue weighted by Gasteiger charge is -2.12. The fourth-order valence-electron chi connectivity index (χ4n) is 1.32. The summed E-state index contributed by atoms with van der Waals surface area (Å²) in [4.78, 5) is 0. The van der Waals surface area contributed by atoms with Crippen molar-refractivity contribution in [3.05, 3.63) is 35.2 Å². The van der Waals surface area contributed by atoms with Crippen molar-refractivity contribution < 1.29 is 4.74 Å². The third-order valence-corrected chi connectivity index (χ3v) is 1.95. The van der Waals surface area contributed by atoms with Crippen molar-refractivity contribution in [1.82, 2.24) is 0 Å². The van der Waals surface area contributed by atoms with E-state index in [1.165, 1.54) is 17.0 Å². The number of hydrogen-bond acceptors (Lipinski definition) is 1. The summed E-state index contributed by atoms with van der Waals surface area (Å²) in [5.74, 6) is 2.29. The first kappa shape index (κ1) is 9.11. The standard InChI is InChI=1S/C11H15O/c1-8(2)10-7-5-6-9(3)11(10)12-4/h5-7H,1-4H3. The van der Waals surface area contributed by atoms with Gasteiger partial charge in [0.25, 0.3) is 0 Å². The highest BCUT2D eigenvalue weighted by Crippen LogP contribution is 2.28. The van der Waals surface area contributed by atoms with E-state index in [9.17, 15) is 0 Å². The maximum atomic E-state index is 5.32. The summed E-state index contributed by atoms with van der Waals surface area (Å²) in [5.41, 5.74) is 2.40. The smallest absolute Gasteiger partial charge is 0.125 e. The van der Waals surface area contributed by atoms with Crippen molar-refractivity contribution in [2.45, 2.75) is 20.8 Å². The van der Waals surface area contributed by atoms with Crippen LogP contribution in [0.5, 0.6) is 5.75 Å². The van der Waals surface area contributed by atoms with Gasteiger partial charge in [-0.05, 0) is 12.5 Å². The molecule has 0 aliphatic rings. The molecule has 0 aliphatic heterocycles. The van der Waals surface area contributed by atoms with Gasteiger partial charge in [0.2, 0.25) is 0 Å². The summed E-state index contributed by atoms with van der Waals surface area (Å²) in [7, 11) is 1.72. The Morgan fingerprint density at radius 2 is 1.92 bits per heavy atom. The molecule has 0 unspecified atom stereocenters. The van der Waals surface area contributed by atoms with Gasteiger partial charge < -0.3 is 4.74 Å². The zero-order valence-electron chi connectivity index (χ0n) is 8.14. The lowest BCUT2D eigenvalue weighted by molar-refractivity contribution is 0.408. The average Bonchev–Trinajstić information content (AvgIpc) is 2.03. The summed E-state index contributed by atoms with van der Waals surface area (Å²) in [6.45, 7) is 6.25. The van der Waals surface area contributed by atoms with Crippen LogP contribution in [0.2, 0.25) is 0 Å². The van der Waals surface area contributed by atoms with Crippen LogP contribution in [0.15, 0.2) is 18.2 Å². The molecule has 0 saturated carbocycles. The van der Waals surface area contributed by atoms with Crippen molar-refractivity contribution in [3.63, 3.8) is 0 Å². The second kappa shape index (κ2) is 3.61. The highest BCUT2D eigenvalue weighted by molar-refractivity contribution is 5.47. The van der Waals surface area contributed by atoms with Crippen LogP contribution in [0.3, 0.4) is 0 Å². The zero-order valence-corrected chi connectivity index (χ0v) is 8.14. The Bertz CT molecular complexity index is 264. The molecule has 0 bridgehead atoms. The Hall–Kier alpha value is -0.980. The van der Waals surface area contributed by atoms with Gasteiger partial charge in [0, 0.05) is 11.5 Å². The molecule has 1 radical (unpaired) electrons. The maximum absolute atomic E-state index is 5.32. The van der Waals surface area contributed by atoms with Crippen molar-refractivity contribution in [2.24, 2.45) is 0 Å². The Morgan fingerprint density at radius 1 is 1.25 bits per heavy atom. The largest absolute Gasteiger partial charge is 0.496 e. The summed E-state index contributed by atoms with van der Waals surface area (Å²) >= 11 is 0. The molecule has 0 N–H and O–H groups in total. The number of ether oxygens (including phenoxy) is 1. The molecule has 1 aromatic carbocycles. The minimum Gasteiger partial charge on any atom is -0.496 e. The third kappa shape index (κ3) is 1.60. The molecule has 0 saturated heterocycles. The van der Waals surface area contributed by atoms with Crippen molar-refractivity contribution in [3.8, 4) is 5.75 Å². The molecule has 0 aliphatic carbocycles. The Morgan fingerprint density at radius 3 is 2.33 bits per heavy atom. The van der Waals surface area contributed by atoms with E-state index < -0.39 is 0 Å². The summed E-state index contributed by atoms with van der Waals surface area (Å²) in [5, 5.41) is 0. The van der Waals surface area contributed by atoms with E-state index in [1.54, 1.807) is 7.11 Å². The van der Waals surface area contributed by atoms with E-state index in [1.807, 2.05) is 0 Å². The summed E-state index contributed by atoms with van der Waals surface area (Å²) in [6, 6.07) is 6.20. The van der Waals surface area contributed by atoms with Crippen LogP contribution in [0, 0.1) is 12.8 Å². The highest BCUT2D eigenvalue weighted by atomic mass is 16.5. The van der Waals surface area contributed by atoms with Gasteiger partial charge >= 0.3 is 0 Å². The molecule has 0 fully saturated rings. The first-order valence-electron chi connectivity index (χ1n) is 4.11. The van der Waals surface area contributed by atoms with Crippen molar-refractivity contribution in [1.29, 1.82) is 0 Å². The van der Waals surface area contributed by atoms with Crippen LogP contribution < -0.4 is 4.74 Å². The van der Waals surface area contributed by atoms with Gasteiger partial charge in [-0.1, -0.05) is 32.0 Å². The third-order valence-electron chi connectivity index (χ3n) is 1.95. The quantitative estimate of drug-likeness (QED) is 0.651. The minimum atomic E-state index is 0.998. The fraction of sp³-hybridized carbons (Fsp3) is 0.364. The first-order valence-corrected chi connectivity index (χ1v) is 4.11. The second-order valence-electron chi connectivity index (χ2n) is 3.16. The van der Waals surface area contributed by atoms with Gasteiger partial charge in [0.05, 0.1) is 7.11 Å². The molecular weight excluding hydrogens is 148 g/mol. The van der Waals surface area contributed by atoms with Gasteiger partial charge in [0.1, 0.15) is 5.75 Å². The van der Waals surface area contributed by atoms with Gasteiger partial charge in [0.15, 0.2) is 0 Å². The molecule has 0 atom stereocenters.